The zero-order valence-corrected chi connectivity index (χ0v) is 12.8. The Hall–Kier alpha value is -1.18. The summed E-state index contributed by atoms with van der Waals surface area (Å²) in [6.45, 7) is 0. The molecule has 0 saturated carbocycles. The van der Waals surface area contributed by atoms with Crippen molar-refractivity contribution in [1.29, 1.82) is 0 Å². The van der Waals surface area contributed by atoms with Crippen LogP contribution in [0.4, 0.5) is 0 Å². The van der Waals surface area contributed by atoms with Crippen LogP contribution in [-0.4, -0.2) is 15.2 Å². The number of aromatic nitrogens is 3. The molecule has 3 heterocycles. The Morgan fingerprint density at radius 2 is 2.16 bits per heavy atom. The van der Waals surface area contributed by atoms with Crippen molar-refractivity contribution in [2.45, 2.75) is 10.8 Å². The lowest BCUT2D eigenvalue weighted by molar-refractivity contribution is 0.529. The largest absolute Gasteiger partial charge is 0.419 e. The van der Waals surface area contributed by atoms with Gasteiger partial charge in [0.05, 0.1) is 19.4 Å². The Morgan fingerprint density at radius 3 is 2.89 bits per heavy atom. The maximum atomic E-state index is 5.62. The molecule has 0 spiro atoms. The lowest BCUT2D eigenvalue weighted by atomic mass is 10.5. The standard InChI is InChI=1S/C12H8BrN3OS2/c13-9-5-4-8(19-9)12-16-15-10(17-12)7-18-11-3-1-2-6-14-11/h1-6H,7H2. The number of hydrogen-bond acceptors (Lipinski definition) is 6. The average molecular weight is 354 g/mol. The Balaban J connectivity index is 1.68. The highest BCUT2D eigenvalue weighted by molar-refractivity contribution is 9.11. The first-order valence-electron chi connectivity index (χ1n) is 5.43. The van der Waals surface area contributed by atoms with E-state index in [4.69, 9.17) is 4.42 Å². The molecule has 0 atom stereocenters. The predicted molar refractivity (Wildman–Crippen MR) is 79.1 cm³/mol. The summed E-state index contributed by atoms with van der Waals surface area (Å²) in [5, 5.41) is 9.04. The fourth-order valence-corrected chi connectivity index (χ4v) is 3.41. The van der Waals surface area contributed by atoms with Crippen LogP contribution >= 0.6 is 39.0 Å². The Labute approximate surface area is 126 Å². The predicted octanol–water partition coefficient (Wildman–Crippen LogP) is 4.25. The quantitative estimate of drug-likeness (QED) is 0.656. The first-order valence-corrected chi connectivity index (χ1v) is 8.03. The second-order valence-corrected chi connectivity index (χ2v) is 7.02. The molecule has 0 aliphatic rings. The van der Waals surface area contributed by atoms with Crippen molar-refractivity contribution in [3.05, 3.63) is 46.2 Å². The zero-order valence-electron chi connectivity index (χ0n) is 9.62. The van der Waals surface area contributed by atoms with E-state index in [2.05, 4.69) is 31.1 Å². The lowest BCUT2D eigenvalue weighted by Crippen LogP contribution is -1.82. The summed E-state index contributed by atoms with van der Waals surface area (Å²) in [6, 6.07) is 9.73. The molecular formula is C12H8BrN3OS2. The second kappa shape index (κ2) is 5.85. The molecule has 0 fully saturated rings. The molecule has 3 rings (SSSR count). The van der Waals surface area contributed by atoms with Gasteiger partial charge in [0.25, 0.3) is 5.89 Å². The van der Waals surface area contributed by atoms with Gasteiger partial charge in [0, 0.05) is 6.20 Å². The number of nitrogens with zero attached hydrogens (tertiary/aromatic N) is 3. The first-order chi connectivity index (χ1) is 9.31. The van der Waals surface area contributed by atoms with Crippen LogP contribution in [0.2, 0.25) is 0 Å². The van der Waals surface area contributed by atoms with Gasteiger partial charge in [0.2, 0.25) is 5.89 Å². The van der Waals surface area contributed by atoms with Crippen molar-refractivity contribution in [2.24, 2.45) is 0 Å². The summed E-state index contributed by atoms with van der Waals surface area (Å²) in [6.07, 6.45) is 1.77. The molecule has 0 saturated heterocycles. The number of halogens is 1. The van der Waals surface area contributed by atoms with Crippen LogP contribution in [0.3, 0.4) is 0 Å². The molecule has 7 heteroatoms. The minimum Gasteiger partial charge on any atom is -0.419 e. The molecule has 3 aromatic heterocycles. The summed E-state index contributed by atoms with van der Waals surface area (Å²) in [7, 11) is 0. The monoisotopic (exact) mass is 353 g/mol. The van der Waals surface area contributed by atoms with Gasteiger partial charge < -0.3 is 4.42 Å². The smallest absolute Gasteiger partial charge is 0.257 e. The van der Waals surface area contributed by atoms with Gasteiger partial charge in [-0.25, -0.2) is 4.98 Å². The van der Waals surface area contributed by atoms with Crippen LogP contribution < -0.4 is 0 Å². The van der Waals surface area contributed by atoms with E-state index in [-0.39, 0.29) is 0 Å². The van der Waals surface area contributed by atoms with Gasteiger partial charge in [-0.3, -0.25) is 0 Å². The molecule has 0 unspecified atom stereocenters. The van der Waals surface area contributed by atoms with Crippen LogP contribution in [0, 0.1) is 0 Å². The molecule has 0 bridgehead atoms. The van der Waals surface area contributed by atoms with Crippen molar-refractivity contribution in [3.63, 3.8) is 0 Å². The van der Waals surface area contributed by atoms with Crippen LogP contribution in [0.25, 0.3) is 10.8 Å². The van der Waals surface area contributed by atoms with E-state index >= 15 is 0 Å². The number of pyridine rings is 1. The van der Waals surface area contributed by atoms with Crippen LogP contribution in [-0.2, 0) is 5.75 Å². The second-order valence-electron chi connectivity index (χ2n) is 3.56. The normalized spacial score (nSPS) is 10.8. The Morgan fingerprint density at radius 1 is 1.21 bits per heavy atom. The van der Waals surface area contributed by atoms with Gasteiger partial charge in [-0.1, -0.05) is 17.8 Å². The van der Waals surface area contributed by atoms with Gasteiger partial charge >= 0.3 is 0 Å². The van der Waals surface area contributed by atoms with Gasteiger partial charge in [0.15, 0.2) is 0 Å². The summed E-state index contributed by atoms with van der Waals surface area (Å²) >= 11 is 6.56. The molecule has 4 nitrogen and oxygen atoms in total. The van der Waals surface area contributed by atoms with Gasteiger partial charge in [-0.15, -0.1) is 21.5 Å². The molecule has 0 N–H and O–H groups in total. The van der Waals surface area contributed by atoms with E-state index in [1.807, 2.05) is 30.3 Å². The highest BCUT2D eigenvalue weighted by Crippen LogP contribution is 2.31. The lowest BCUT2D eigenvalue weighted by Gasteiger charge is -1.95. The summed E-state index contributed by atoms with van der Waals surface area (Å²) in [5.74, 6) is 1.79. The van der Waals surface area contributed by atoms with E-state index in [1.54, 1.807) is 29.3 Å². The minimum absolute atomic E-state index is 0.562. The van der Waals surface area contributed by atoms with E-state index in [1.165, 1.54) is 0 Å². The summed E-state index contributed by atoms with van der Waals surface area (Å²) in [5.41, 5.74) is 0. The van der Waals surface area contributed by atoms with Crippen molar-refractivity contribution in [2.75, 3.05) is 0 Å². The zero-order chi connectivity index (χ0) is 13.1. The third kappa shape index (κ3) is 3.23. The third-order valence-electron chi connectivity index (χ3n) is 2.23. The van der Waals surface area contributed by atoms with Gasteiger partial charge in [-0.2, -0.15) is 0 Å². The number of thioether (sulfide) groups is 1. The molecule has 0 amide bonds. The summed E-state index contributed by atoms with van der Waals surface area (Å²) in [4.78, 5) is 5.20. The molecular weight excluding hydrogens is 346 g/mol. The van der Waals surface area contributed by atoms with Crippen molar-refractivity contribution >= 4 is 39.0 Å². The number of hydrogen-bond donors (Lipinski definition) is 0. The fraction of sp³-hybridized carbons (Fsp3) is 0.0833. The third-order valence-corrected chi connectivity index (χ3v) is 4.77. The minimum atomic E-state index is 0.562. The number of rotatable bonds is 4. The average Bonchev–Trinajstić information content (AvgIpc) is 3.06. The van der Waals surface area contributed by atoms with E-state index in [0.29, 0.717) is 17.5 Å². The maximum absolute atomic E-state index is 5.62. The van der Waals surface area contributed by atoms with Gasteiger partial charge in [0.1, 0.15) is 0 Å². The molecule has 0 aromatic carbocycles. The van der Waals surface area contributed by atoms with Crippen molar-refractivity contribution < 1.29 is 4.42 Å². The van der Waals surface area contributed by atoms with Crippen LogP contribution in [0.15, 0.2) is 49.8 Å². The van der Waals surface area contributed by atoms with Crippen LogP contribution in [0.5, 0.6) is 0 Å². The first kappa shape index (κ1) is 12.8. The van der Waals surface area contributed by atoms with Crippen molar-refractivity contribution in [3.8, 4) is 10.8 Å². The van der Waals surface area contributed by atoms with Crippen LogP contribution in [0.1, 0.15) is 5.89 Å². The fourth-order valence-electron chi connectivity index (χ4n) is 1.41. The molecule has 19 heavy (non-hydrogen) atoms. The SMILES string of the molecule is Brc1ccc(-c2nnc(CSc3ccccn3)o2)s1. The summed E-state index contributed by atoms with van der Waals surface area (Å²) < 4.78 is 6.67. The topological polar surface area (TPSA) is 51.8 Å². The Kier molecular flexibility index (Phi) is 3.95. The molecule has 0 aliphatic heterocycles. The maximum Gasteiger partial charge on any atom is 0.257 e. The molecule has 96 valence electrons. The van der Waals surface area contributed by atoms with E-state index < -0.39 is 0 Å². The Bertz CT molecular complexity index is 668. The van der Waals surface area contributed by atoms with Crippen molar-refractivity contribution in [1.82, 2.24) is 15.2 Å². The molecule has 3 aromatic rings. The molecule has 0 radical (unpaired) electrons. The van der Waals surface area contributed by atoms with Gasteiger partial charge in [-0.05, 0) is 40.2 Å². The van der Waals surface area contributed by atoms with E-state index in [9.17, 15) is 0 Å². The highest BCUT2D eigenvalue weighted by atomic mass is 79.9. The van der Waals surface area contributed by atoms with E-state index in [0.717, 1.165) is 13.7 Å². The number of thiophene rings is 1. The molecule has 0 aliphatic carbocycles. The highest BCUT2D eigenvalue weighted by Gasteiger charge is 2.11.